The molecule has 0 aliphatic heterocycles. The highest BCUT2D eigenvalue weighted by Gasteiger charge is 2.10. The molecule has 0 amide bonds. The van der Waals surface area contributed by atoms with Crippen molar-refractivity contribution in [2.45, 2.75) is 13.8 Å². The van der Waals surface area contributed by atoms with Gasteiger partial charge in [0.15, 0.2) is 0 Å². The molecule has 0 radical (unpaired) electrons. The first-order valence-corrected chi connectivity index (χ1v) is 6.00. The van der Waals surface area contributed by atoms with E-state index in [0.717, 1.165) is 0 Å². The van der Waals surface area contributed by atoms with Gasteiger partial charge in [0.1, 0.15) is 11.8 Å². The number of carbonyl (C=O) groups excluding carboxylic acids is 1. The summed E-state index contributed by atoms with van der Waals surface area (Å²) in [6.07, 6.45) is 1.19. The lowest BCUT2D eigenvalue weighted by atomic mass is 10.1. The van der Waals surface area contributed by atoms with Crippen molar-refractivity contribution in [3.05, 3.63) is 35.9 Å². The third-order valence-electron chi connectivity index (χ3n) is 2.34. The van der Waals surface area contributed by atoms with E-state index >= 15 is 0 Å². The zero-order chi connectivity index (χ0) is 14.3. The van der Waals surface area contributed by atoms with Gasteiger partial charge in [-0.1, -0.05) is 26.0 Å². The van der Waals surface area contributed by atoms with Crippen LogP contribution in [-0.2, 0) is 9.53 Å². The maximum atomic E-state index is 11.6. The number of nitriles is 1. The lowest BCUT2D eigenvalue weighted by molar-refractivity contribution is -0.138. The summed E-state index contributed by atoms with van der Waals surface area (Å²) in [4.78, 5) is 11.6. The van der Waals surface area contributed by atoms with Gasteiger partial charge >= 0.3 is 5.97 Å². The van der Waals surface area contributed by atoms with E-state index in [1.54, 1.807) is 24.3 Å². The predicted molar refractivity (Wildman–Crippen MR) is 72.4 cm³/mol. The van der Waals surface area contributed by atoms with E-state index in [1.165, 1.54) is 13.2 Å². The second kappa shape index (κ2) is 7.22. The largest absolute Gasteiger partial charge is 0.496 e. The first-order valence-electron chi connectivity index (χ1n) is 6.00. The van der Waals surface area contributed by atoms with Gasteiger partial charge in [-0.25, -0.2) is 4.79 Å². The first-order chi connectivity index (χ1) is 9.08. The Labute approximate surface area is 113 Å². The van der Waals surface area contributed by atoms with Crippen LogP contribution < -0.4 is 4.74 Å². The maximum absolute atomic E-state index is 11.6. The van der Waals surface area contributed by atoms with Crippen LogP contribution in [0.25, 0.3) is 5.57 Å². The number of ether oxygens (including phenoxy) is 2. The molecule has 0 saturated carbocycles. The normalized spacial score (nSPS) is 11.0. The second-order valence-electron chi connectivity index (χ2n) is 4.39. The molecular weight excluding hydrogens is 242 g/mol. The first kappa shape index (κ1) is 14.8. The van der Waals surface area contributed by atoms with Crippen molar-refractivity contribution < 1.29 is 14.3 Å². The molecule has 0 spiro atoms. The molecule has 1 aromatic rings. The lowest BCUT2D eigenvalue weighted by Gasteiger charge is -2.07. The molecule has 1 rings (SSSR count). The van der Waals surface area contributed by atoms with Crippen molar-refractivity contribution in [3.8, 4) is 11.8 Å². The van der Waals surface area contributed by atoms with Crippen molar-refractivity contribution in [1.82, 2.24) is 0 Å². The van der Waals surface area contributed by atoms with Crippen molar-refractivity contribution in [2.24, 2.45) is 5.92 Å². The minimum atomic E-state index is -0.517. The van der Waals surface area contributed by atoms with E-state index in [2.05, 4.69) is 0 Å². The Morgan fingerprint density at radius 1 is 1.42 bits per heavy atom. The average Bonchev–Trinajstić information content (AvgIpc) is 2.42. The minimum absolute atomic E-state index is 0.228. The van der Waals surface area contributed by atoms with Gasteiger partial charge in [-0.2, -0.15) is 5.26 Å². The van der Waals surface area contributed by atoms with Crippen molar-refractivity contribution in [1.29, 1.82) is 5.26 Å². The molecule has 0 fully saturated rings. The number of nitrogens with zero attached hydrogens (tertiary/aromatic N) is 1. The summed E-state index contributed by atoms with van der Waals surface area (Å²) in [6.45, 7) is 4.23. The monoisotopic (exact) mass is 259 g/mol. The number of esters is 1. The Bertz CT molecular complexity index is 512. The molecule has 19 heavy (non-hydrogen) atoms. The fourth-order valence-electron chi connectivity index (χ4n) is 1.45. The molecule has 0 atom stereocenters. The van der Waals surface area contributed by atoms with Crippen LogP contribution >= 0.6 is 0 Å². The van der Waals surface area contributed by atoms with E-state index in [1.807, 2.05) is 19.9 Å². The van der Waals surface area contributed by atoms with E-state index in [4.69, 9.17) is 14.7 Å². The zero-order valence-corrected chi connectivity index (χ0v) is 11.3. The number of methoxy groups -OCH3 is 1. The molecule has 0 unspecified atom stereocenters. The molecule has 0 N–H and O–H groups in total. The SMILES string of the molecule is COc1ccccc1C(C#N)=CC(=O)OCC(C)C. The molecule has 100 valence electrons. The van der Waals surface area contributed by atoms with Gasteiger partial charge in [-0.3, -0.25) is 0 Å². The van der Waals surface area contributed by atoms with Gasteiger partial charge in [-0.15, -0.1) is 0 Å². The summed E-state index contributed by atoms with van der Waals surface area (Å²) in [5.41, 5.74) is 0.806. The Kier molecular flexibility index (Phi) is 5.62. The van der Waals surface area contributed by atoms with E-state index < -0.39 is 5.97 Å². The molecular formula is C15H17NO3. The van der Waals surface area contributed by atoms with Crippen LogP contribution in [0, 0.1) is 17.2 Å². The fraction of sp³-hybridized carbons (Fsp3) is 0.333. The summed E-state index contributed by atoms with van der Waals surface area (Å²) >= 11 is 0. The Hall–Kier alpha value is -2.28. The van der Waals surface area contributed by atoms with E-state index in [9.17, 15) is 4.79 Å². The third-order valence-corrected chi connectivity index (χ3v) is 2.34. The third kappa shape index (κ3) is 4.47. The van der Waals surface area contributed by atoms with Crippen LogP contribution in [0.15, 0.2) is 30.3 Å². The molecule has 4 nitrogen and oxygen atoms in total. The highest BCUT2D eigenvalue weighted by molar-refractivity contribution is 5.96. The Morgan fingerprint density at radius 2 is 2.11 bits per heavy atom. The van der Waals surface area contributed by atoms with Crippen LogP contribution in [0.4, 0.5) is 0 Å². The molecule has 0 heterocycles. The quantitative estimate of drug-likeness (QED) is 0.463. The second-order valence-corrected chi connectivity index (χ2v) is 4.39. The number of rotatable bonds is 5. The molecule has 0 aliphatic rings. The number of para-hydroxylation sites is 1. The Balaban J connectivity index is 2.94. The van der Waals surface area contributed by atoms with Crippen LogP contribution in [0.2, 0.25) is 0 Å². The number of hydrogen-bond acceptors (Lipinski definition) is 4. The van der Waals surface area contributed by atoms with E-state index in [0.29, 0.717) is 17.9 Å². The summed E-state index contributed by atoms with van der Waals surface area (Å²) in [6, 6.07) is 9.03. The number of hydrogen-bond donors (Lipinski definition) is 0. The maximum Gasteiger partial charge on any atom is 0.332 e. The molecule has 0 bridgehead atoms. The van der Waals surface area contributed by atoms with Gasteiger partial charge in [0.05, 0.1) is 19.3 Å². The number of allylic oxidation sites excluding steroid dienone is 1. The van der Waals surface area contributed by atoms with Crippen molar-refractivity contribution in [3.63, 3.8) is 0 Å². The van der Waals surface area contributed by atoms with Crippen LogP contribution in [0.1, 0.15) is 19.4 Å². The average molecular weight is 259 g/mol. The highest BCUT2D eigenvalue weighted by atomic mass is 16.5. The van der Waals surface area contributed by atoms with Crippen molar-refractivity contribution >= 4 is 11.5 Å². The smallest absolute Gasteiger partial charge is 0.332 e. The molecule has 1 aromatic carbocycles. The minimum Gasteiger partial charge on any atom is -0.496 e. The van der Waals surface area contributed by atoms with Crippen LogP contribution in [0.5, 0.6) is 5.75 Å². The molecule has 0 aliphatic carbocycles. The van der Waals surface area contributed by atoms with Gasteiger partial charge in [-0.05, 0) is 18.1 Å². The standard InChI is InChI=1S/C15H17NO3/c1-11(2)10-19-15(17)8-12(9-16)13-6-4-5-7-14(13)18-3/h4-8,11H,10H2,1-3H3. The van der Waals surface area contributed by atoms with E-state index in [-0.39, 0.29) is 11.5 Å². The highest BCUT2D eigenvalue weighted by Crippen LogP contribution is 2.25. The zero-order valence-electron chi connectivity index (χ0n) is 11.3. The summed E-state index contributed by atoms with van der Waals surface area (Å²) in [5, 5.41) is 9.14. The Morgan fingerprint density at radius 3 is 2.68 bits per heavy atom. The van der Waals surface area contributed by atoms with Crippen LogP contribution in [0.3, 0.4) is 0 Å². The van der Waals surface area contributed by atoms with Gasteiger partial charge in [0.25, 0.3) is 0 Å². The van der Waals surface area contributed by atoms with Gasteiger partial charge in [0.2, 0.25) is 0 Å². The van der Waals surface area contributed by atoms with Crippen molar-refractivity contribution in [2.75, 3.05) is 13.7 Å². The topological polar surface area (TPSA) is 59.3 Å². The van der Waals surface area contributed by atoms with Gasteiger partial charge in [0, 0.05) is 11.6 Å². The summed E-state index contributed by atoms with van der Waals surface area (Å²) in [5.74, 6) is 0.289. The number of carbonyl (C=O) groups is 1. The van der Waals surface area contributed by atoms with Gasteiger partial charge < -0.3 is 9.47 Å². The number of benzene rings is 1. The molecule has 0 aromatic heterocycles. The summed E-state index contributed by atoms with van der Waals surface area (Å²) < 4.78 is 10.2. The molecule has 0 saturated heterocycles. The fourth-order valence-corrected chi connectivity index (χ4v) is 1.45. The summed E-state index contributed by atoms with van der Waals surface area (Å²) in [7, 11) is 1.52. The van der Waals surface area contributed by atoms with Crippen LogP contribution in [-0.4, -0.2) is 19.7 Å². The lowest BCUT2D eigenvalue weighted by Crippen LogP contribution is -2.08. The predicted octanol–water partition coefficient (Wildman–Crippen LogP) is 2.80. The molecule has 4 heteroatoms.